The average molecular weight is 264 g/mol. The molecular formula is C13H14ClN3O. The molecule has 2 rings (SSSR count). The van der Waals surface area contributed by atoms with Crippen LogP contribution in [0.1, 0.15) is 31.3 Å². The number of hydrogen-bond donors (Lipinski definition) is 0. The maximum atomic E-state index is 12.0. The lowest BCUT2D eigenvalue weighted by atomic mass is 10.2. The van der Waals surface area contributed by atoms with Gasteiger partial charge in [0, 0.05) is 18.2 Å². The molecule has 0 aromatic carbocycles. The monoisotopic (exact) mass is 263 g/mol. The number of nitrogens with zero attached hydrogens (tertiary/aromatic N) is 3. The first-order chi connectivity index (χ1) is 8.58. The van der Waals surface area contributed by atoms with Gasteiger partial charge in [0.25, 0.3) is 5.56 Å². The van der Waals surface area contributed by atoms with Crippen molar-refractivity contribution in [3.8, 4) is 0 Å². The zero-order valence-electron chi connectivity index (χ0n) is 10.3. The first kappa shape index (κ1) is 12.8. The first-order valence-corrected chi connectivity index (χ1v) is 6.13. The highest BCUT2D eigenvalue weighted by molar-refractivity contribution is 6.29. The summed E-state index contributed by atoms with van der Waals surface area (Å²) in [6.07, 6.45) is 1.71. The second-order valence-corrected chi connectivity index (χ2v) is 4.72. The van der Waals surface area contributed by atoms with E-state index in [9.17, 15) is 4.79 Å². The van der Waals surface area contributed by atoms with Crippen molar-refractivity contribution in [2.45, 2.75) is 26.3 Å². The molecule has 0 unspecified atom stereocenters. The summed E-state index contributed by atoms with van der Waals surface area (Å²) in [6.45, 7) is 4.37. The van der Waals surface area contributed by atoms with Crippen LogP contribution in [0.2, 0.25) is 5.15 Å². The van der Waals surface area contributed by atoms with E-state index in [1.165, 1.54) is 6.07 Å². The molecule has 0 saturated carbocycles. The van der Waals surface area contributed by atoms with Gasteiger partial charge in [0.2, 0.25) is 0 Å². The van der Waals surface area contributed by atoms with Crippen LogP contribution in [0.15, 0.2) is 35.3 Å². The van der Waals surface area contributed by atoms with Crippen LogP contribution in [0.25, 0.3) is 0 Å². The van der Waals surface area contributed by atoms with Gasteiger partial charge in [-0.1, -0.05) is 31.5 Å². The Kier molecular flexibility index (Phi) is 3.77. The van der Waals surface area contributed by atoms with E-state index in [0.29, 0.717) is 12.4 Å². The summed E-state index contributed by atoms with van der Waals surface area (Å²) in [5.74, 6) is 0.804. The van der Waals surface area contributed by atoms with Crippen molar-refractivity contribution in [3.05, 3.63) is 57.5 Å². The van der Waals surface area contributed by atoms with E-state index in [-0.39, 0.29) is 16.6 Å². The zero-order chi connectivity index (χ0) is 13.1. The van der Waals surface area contributed by atoms with E-state index < -0.39 is 0 Å². The molecule has 0 radical (unpaired) electrons. The van der Waals surface area contributed by atoms with Gasteiger partial charge >= 0.3 is 0 Å². The lowest BCUT2D eigenvalue weighted by Crippen LogP contribution is -2.26. The zero-order valence-corrected chi connectivity index (χ0v) is 11.1. The number of pyridine rings is 1. The third-order valence-corrected chi connectivity index (χ3v) is 2.76. The fourth-order valence-corrected chi connectivity index (χ4v) is 1.93. The van der Waals surface area contributed by atoms with Gasteiger partial charge in [-0.15, -0.1) is 0 Å². The van der Waals surface area contributed by atoms with Crippen LogP contribution < -0.4 is 5.56 Å². The molecule has 2 aromatic rings. The normalized spacial score (nSPS) is 10.9. The molecular weight excluding hydrogens is 250 g/mol. The van der Waals surface area contributed by atoms with Gasteiger partial charge in [-0.05, 0) is 12.1 Å². The third kappa shape index (κ3) is 2.76. The van der Waals surface area contributed by atoms with Crippen molar-refractivity contribution < 1.29 is 0 Å². The van der Waals surface area contributed by atoms with Crippen LogP contribution in [-0.4, -0.2) is 14.5 Å². The number of hydrogen-bond acceptors (Lipinski definition) is 3. The number of aromatic nitrogens is 3. The van der Waals surface area contributed by atoms with Gasteiger partial charge in [0.15, 0.2) is 0 Å². The molecule has 0 atom stereocenters. The van der Waals surface area contributed by atoms with Gasteiger partial charge < -0.3 is 0 Å². The number of rotatable bonds is 3. The molecule has 0 saturated heterocycles. The van der Waals surface area contributed by atoms with E-state index >= 15 is 0 Å². The minimum absolute atomic E-state index is 0.125. The SMILES string of the molecule is CC(C)c1nc(Cl)cc(=O)n1Cc1ccccn1. The van der Waals surface area contributed by atoms with Crippen LogP contribution in [0.3, 0.4) is 0 Å². The predicted molar refractivity (Wildman–Crippen MR) is 70.9 cm³/mol. The molecule has 0 spiro atoms. The Morgan fingerprint density at radius 2 is 2.17 bits per heavy atom. The summed E-state index contributed by atoms with van der Waals surface area (Å²) in [5.41, 5.74) is 0.676. The summed E-state index contributed by atoms with van der Waals surface area (Å²) >= 11 is 5.83. The minimum Gasteiger partial charge on any atom is -0.290 e. The van der Waals surface area contributed by atoms with E-state index in [2.05, 4.69) is 9.97 Å². The molecule has 0 N–H and O–H groups in total. The maximum Gasteiger partial charge on any atom is 0.255 e. The van der Waals surface area contributed by atoms with E-state index in [1.54, 1.807) is 10.8 Å². The summed E-state index contributed by atoms with van der Waals surface area (Å²) in [5, 5.41) is 0.237. The van der Waals surface area contributed by atoms with Crippen molar-refractivity contribution in [3.63, 3.8) is 0 Å². The Bertz CT molecular complexity index is 593. The van der Waals surface area contributed by atoms with Gasteiger partial charge in [-0.3, -0.25) is 14.3 Å². The minimum atomic E-state index is -0.149. The maximum absolute atomic E-state index is 12.0. The molecule has 94 valence electrons. The molecule has 0 fully saturated rings. The van der Waals surface area contributed by atoms with Crippen molar-refractivity contribution in [2.75, 3.05) is 0 Å². The highest BCUT2D eigenvalue weighted by Gasteiger charge is 2.12. The second-order valence-electron chi connectivity index (χ2n) is 4.34. The molecule has 2 heterocycles. The summed E-state index contributed by atoms with van der Waals surface area (Å²) in [6, 6.07) is 6.95. The Balaban J connectivity index is 2.47. The van der Waals surface area contributed by atoms with Crippen molar-refractivity contribution >= 4 is 11.6 Å². The van der Waals surface area contributed by atoms with Crippen LogP contribution in [-0.2, 0) is 6.54 Å². The Morgan fingerprint density at radius 3 is 2.78 bits per heavy atom. The van der Waals surface area contributed by atoms with E-state index in [1.807, 2.05) is 32.0 Å². The molecule has 0 aliphatic rings. The molecule has 0 amide bonds. The largest absolute Gasteiger partial charge is 0.290 e. The average Bonchev–Trinajstić information content (AvgIpc) is 2.33. The molecule has 2 aromatic heterocycles. The van der Waals surface area contributed by atoms with Gasteiger partial charge in [-0.2, -0.15) is 0 Å². The van der Waals surface area contributed by atoms with Crippen LogP contribution in [0, 0.1) is 0 Å². The van der Waals surface area contributed by atoms with Crippen LogP contribution in [0.4, 0.5) is 0 Å². The standard InChI is InChI=1S/C13H14ClN3O/c1-9(2)13-16-11(14)7-12(18)17(13)8-10-5-3-4-6-15-10/h3-7,9H,8H2,1-2H3. The smallest absolute Gasteiger partial charge is 0.255 e. The molecule has 18 heavy (non-hydrogen) atoms. The summed E-state index contributed by atoms with van der Waals surface area (Å²) in [7, 11) is 0. The second kappa shape index (κ2) is 5.31. The van der Waals surface area contributed by atoms with Crippen LogP contribution in [0.5, 0.6) is 0 Å². The third-order valence-electron chi connectivity index (χ3n) is 2.57. The quantitative estimate of drug-likeness (QED) is 0.800. The molecule has 5 heteroatoms. The molecule has 4 nitrogen and oxygen atoms in total. The molecule has 0 aliphatic carbocycles. The Hall–Kier alpha value is -1.68. The van der Waals surface area contributed by atoms with Crippen molar-refractivity contribution in [1.29, 1.82) is 0 Å². The van der Waals surface area contributed by atoms with Crippen LogP contribution >= 0.6 is 11.6 Å². The van der Waals surface area contributed by atoms with Gasteiger partial charge in [0.1, 0.15) is 11.0 Å². The topological polar surface area (TPSA) is 47.8 Å². The van der Waals surface area contributed by atoms with Gasteiger partial charge in [-0.25, -0.2) is 4.98 Å². The first-order valence-electron chi connectivity index (χ1n) is 5.75. The van der Waals surface area contributed by atoms with Crippen molar-refractivity contribution in [1.82, 2.24) is 14.5 Å². The van der Waals surface area contributed by atoms with Crippen molar-refractivity contribution in [2.24, 2.45) is 0 Å². The van der Waals surface area contributed by atoms with E-state index in [4.69, 9.17) is 11.6 Å². The highest BCUT2D eigenvalue weighted by Crippen LogP contribution is 2.13. The fourth-order valence-electron chi connectivity index (χ4n) is 1.75. The summed E-state index contributed by atoms with van der Waals surface area (Å²) in [4.78, 5) is 20.4. The molecule has 0 bridgehead atoms. The fraction of sp³-hybridized carbons (Fsp3) is 0.308. The lowest BCUT2D eigenvalue weighted by molar-refractivity contribution is 0.617. The molecule has 0 aliphatic heterocycles. The highest BCUT2D eigenvalue weighted by atomic mass is 35.5. The number of halogens is 1. The Morgan fingerprint density at radius 1 is 1.39 bits per heavy atom. The lowest BCUT2D eigenvalue weighted by Gasteiger charge is -2.14. The predicted octanol–water partition coefficient (Wildman–Crippen LogP) is 2.46. The van der Waals surface area contributed by atoms with Gasteiger partial charge in [0.05, 0.1) is 12.2 Å². The van der Waals surface area contributed by atoms with E-state index in [0.717, 1.165) is 5.69 Å². The Labute approximate surface area is 110 Å². The summed E-state index contributed by atoms with van der Waals surface area (Å²) < 4.78 is 1.61.